The van der Waals surface area contributed by atoms with E-state index in [1.807, 2.05) is 30.0 Å². The number of anilines is 1. The number of aromatic nitrogens is 2. The number of rotatable bonds is 4. The van der Waals surface area contributed by atoms with E-state index in [1.54, 1.807) is 0 Å². The number of hydrazone groups is 1. The largest absolute Gasteiger partial charge is 0.279 e. The molecule has 3 rings (SSSR count). The van der Waals surface area contributed by atoms with Gasteiger partial charge in [-0.15, -0.1) is 0 Å². The van der Waals surface area contributed by atoms with Gasteiger partial charge in [-0.05, 0) is 58.4 Å². The van der Waals surface area contributed by atoms with Crippen LogP contribution in [0.3, 0.4) is 0 Å². The van der Waals surface area contributed by atoms with Gasteiger partial charge in [-0.25, -0.2) is 4.68 Å². The molecule has 0 atom stereocenters. The van der Waals surface area contributed by atoms with Gasteiger partial charge < -0.3 is 0 Å². The molecule has 0 spiro atoms. The van der Waals surface area contributed by atoms with Crippen molar-refractivity contribution in [3.8, 4) is 5.69 Å². The molecule has 25 heavy (non-hydrogen) atoms. The Morgan fingerprint density at radius 3 is 2.28 bits per heavy atom. The van der Waals surface area contributed by atoms with Crippen molar-refractivity contribution in [3.63, 3.8) is 0 Å². The maximum Gasteiger partial charge on any atom is 0.0689 e. The van der Waals surface area contributed by atoms with Crippen LogP contribution in [0, 0.1) is 34.6 Å². The molecule has 1 aromatic heterocycles. The zero-order valence-electron chi connectivity index (χ0n) is 15.5. The predicted molar refractivity (Wildman–Crippen MR) is 105 cm³/mol. The molecule has 0 saturated heterocycles. The number of benzene rings is 2. The van der Waals surface area contributed by atoms with Gasteiger partial charge in [-0.3, -0.25) is 5.43 Å². The summed E-state index contributed by atoms with van der Waals surface area (Å²) in [5.41, 5.74) is 11.9. The predicted octanol–water partition coefficient (Wildman–Crippen LogP) is 4.86. The van der Waals surface area contributed by atoms with Crippen LogP contribution in [-0.2, 0) is 0 Å². The van der Waals surface area contributed by atoms with Gasteiger partial charge in [0.2, 0.25) is 0 Å². The van der Waals surface area contributed by atoms with E-state index in [1.165, 1.54) is 16.7 Å². The minimum absolute atomic E-state index is 0.965. The van der Waals surface area contributed by atoms with E-state index in [0.717, 1.165) is 28.3 Å². The van der Waals surface area contributed by atoms with E-state index in [9.17, 15) is 0 Å². The summed E-state index contributed by atoms with van der Waals surface area (Å²) in [4.78, 5) is 0. The summed E-state index contributed by atoms with van der Waals surface area (Å²) < 4.78 is 2.00. The van der Waals surface area contributed by atoms with Crippen molar-refractivity contribution < 1.29 is 0 Å². The smallest absolute Gasteiger partial charge is 0.0689 e. The number of hydrogen-bond donors (Lipinski definition) is 1. The van der Waals surface area contributed by atoms with Crippen molar-refractivity contribution in [2.24, 2.45) is 5.10 Å². The van der Waals surface area contributed by atoms with Crippen LogP contribution in [-0.4, -0.2) is 16.0 Å². The minimum Gasteiger partial charge on any atom is -0.279 e. The highest BCUT2D eigenvalue weighted by molar-refractivity contribution is 5.83. The molecule has 0 amide bonds. The molecule has 0 aliphatic rings. The van der Waals surface area contributed by atoms with Crippen molar-refractivity contribution in [2.75, 3.05) is 5.43 Å². The number of nitrogens with one attached hydrogen (secondary N) is 1. The first-order valence-electron chi connectivity index (χ1n) is 8.45. The maximum absolute atomic E-state index is 4.71. The molecule has 2 aromatic carbocycles. The van der Waals surface area contributed by atoms with Crippen LogP contribution in [0.15, 0.2) is 47.6 Å². The standard InChI is InChI=1S/C21H24N4/c1-14-6-9-19(10-7-14)23-22-13-20-17(4)24-25(18(20)5)21-11-8-15(2)12-16(21)3/h6-13,23H,1-5H3/b22-13+. The molecule has 1 heterocycles. The molecule has 3 aromatic rings. The molecule has 0 radical (unpaired) electrons. The lowest BCUT2D eigenvalue weighted by Crippen LogP contribution is -2.02. The maximum atomic E-state index is 4.71. The lowest BCUT2D eigenvalue weighted by molar-refractivity contribution is 0.827. The van der Waals surface area contributed by atoms with Crippen LogP contribution in [0.25, 0.3) is 5.69 Å². The number of hydrogen-bond acceptors (Lipinski definition) is 3. The fourth-order valence-corrected chi connectivity index (χ4v) is 2.92. The van der Waals surface area contributed by atoms with Gasteiger partial charge in [0.15, 0.2) is 0 Å². The van der Waals surface area contributed by atoms with Crippen LogP contribution in [0.1, 0.15) is 33.6 Å². The Balaban J connectivity index is 1.86. The molecule has 0 aliphatic carbocycles. The Labute approximate surface area is 149 Å². The van der Waals surface area contributed by atoms with E-state index in [-0.39, 0.29) is 0 Å². The Morgan fingerprint density at radius 2 is 1.60 bits per heavy atom. The van der Waals surface area contributed by atoms with Crippen LogP contribution < -0.4 is 5.43 Å². The van der Waals surface area contributed by atoms with E-state index in [0.29, 0.717) is 0 Å². The Bertz CT molecular complexity index is 918. The summed E-state index contributed by atoms with van der Waals surface area (Å²) in [5, 5.41) is 9.08. The van der Waals surface area contributed by atoms with Crippen LogP contribution in [0.2, 0.25) is 0 Å². The SMILES string of the molecule is Cc1ccc(N/N=C/c2c(C)nn(-c3ccc(C)cc3C)c2C)cc1. The Morgan fingerprint density at radius 1 is 0.920 bits per heavy atom. The fraction of sp³-hybridized carbons (Fsp3) is 0.238. The molecule has 0 unspecified atom stereocenters. The second kappa shape index (κ2) is 6.93. The van der Waals surface area contributed by atoms with E-state index in [2.05, 4.69) is 68.6 Å². The zero-order valence-corrected chi connectivity index (χ0v) is 15.5. The van der Waals surface area contributed by atoms with Crippen molar-refractivity contribution in [3.05, 3.63) is 76.1 Å². The van der Waals surface area contributed by atoms with Crippen molar-refractivity contribution in [1.29, 1.82) is 0 Å². The van der Waals surface area contributed by atoms with Gasteiger partial charge in [0.25, 0.3) is 0 Å². The molecule has 4 nitrogen and oxygen atoms in total. The molecule has 4 heteroatoms. The highest BCUT2D eigenvalue weighted by Crippen LogP contribution is 2.20. The van der Waals surface area contributed by atoms with Crippen molar-refractivity contribution >= 4 is 11.9 Å². The molecule has 0 fully saturated rings. The Hall–Kier alpha value is -2.88. The van der Waals surface area contributed by atoms with Gasteiger partial charge in [-0.1, -0.05) is 35.4 Å². The molecule has 1 N–H and O–H groups in total. The quantitative estimate of drug-likeness (QED) is 0.547. The average molecular weight is 332 g/mol. The summed E-state index contributed by atoms with van der Waals surface area (Å²) in [7, 11) is 0. The van der Waals surface area contributed by atoms with Crippen LogP contribution in [0.4, 0.5) is 5.69 Å². The third-order valence-electron chi connectivity index (χ3n) is 4.37. The Kier molecular flexibility index (Phi) is 4.70. The highest BCUT2D eigenvalue weighted by Gasteiger charge is 2.12. The highest BCUT2D eigenvalue weighted by atomic mass is 15.3. The topological polar surface area (TPSA) is 42.2 Å². The zero-order chi connectivity index (χ0) is 18.0. The summed E-state index contributed by atoms with van der Waals surface area (Å²) in [5.74, 6) is 0. The van der Waals surface area contributed by atoms with Gasteiger partial charge in [-0.2, -0.15) is 10.2 Å². The second-order valence-corrected chi connectivity index (χ2v) is 6.52. The van der Waals surface area contributed by atoms with Crippen LogP contribution >= 0.6 is 0 Å². The van der Waals surface area contributed by atoms with Gasteiger partial charge in [0, 0.05) is 5.56 Å². The number of aryl methyl sites for hydroxylation is 4. The van der Waals surface area contributed by atoms with E-state index < -0.39 is 0 Å². The fourth-order valence-electron chi connectivity index (χ4n) is 2.92. The minimum atomic E-state index is 0.965. The molecule has 0 saturated carbocycles. The van der Waals surface area contributed by atoms with Crippen molar-refractivity contribution in [2.45, 2.75) is 34.6 Å². The summed E-state index contributed by atoms with van der Waals surface area (Å²) in [6.45, 7) is 10.4. The summed E-state index contributed by atoms with van der Waals surface area (Å²) >= 11 is 0. The average Bonchev–Trinajstić information content (AvgIpc) is 2.84. The van der Waals surface area contributed by atoms with Gasteiger partial charge in [0.05, 0.1) is 29.0 Å². The normalized spacial score (nSPS) is 11.2. The molecule has 0 bridgehead atoms. The first-order valence-corrected chi connectivity index (χ1v) is 8.45. The number of nitrogens with zero attached hydrogens (tertiary/aromatic N) is 3. The summed E-state index contributed by atoms with van der Waals surface area (Å²) in [6, 6.07) is 14.6. The van der Waals surface area contributed by atoms with Gasteiger partial charge >= 0.3 is 0 Å². The summed E-state index contributed by atoms with van der Waals surface area (Å²) in [6.07, 6.45) is 1.84. The first kappa shape index (κ1) is 17.0. The van der Waals surface area contributed by atoms with E-state index >= 15 is 0 Å². The lowest BCUT2D eigenvalue weighted by Gasteiger charge is -2.09. The monoisotopic (exact) mass is 332 g/mol. The molecule has 128 valence electrons. The lowest BCUT2D eigenvalue weighted by atomic mass is 10.1. The molecular formula is C21H24N4. The van der Waals surface area contributed by atoms with Crippen LogP contribution in [0.5, 0.6) is 0 Å². The van der Waals surface area contributed by atoms with E-state index in [4.69, 9.17) is 5.10 Å². The van der Waals surface area contributed by atoms with Crippen molar-refractivity contribution in [1.82, 2.24) is 9.78 Å². The molecular weight excluding hydrogens is 308 g/mol. The third kappa shape index (κ3) is 3.63. The first-order chi connectivity index (χ1) is 12.0. The third-order valence-corrected chi connectivity index (χ3v) is 4.37. The van der Waals surface area contributed by atoms with Gasteiger partial charge in [0.1, 0.15) is 0 Å². The second-order valence-electron chi connectivity index (χ2n) is 6.52. The molecule has 0 aliphatic heterocycles.